The van der Waals surface area contributed by atoms with Gasteiger partial charge < -0.3 is 4.74 Å². The smallest absolute Gasteiger partial charge is 0.254 e. The average molecular weight is 449 g/mol. The van der Waals surface area contributed by atoms with Gasteiger partial charge in [-0.05, 0) is 64.1 Å². The van der Waals surface area contributed by atoms with Gasteiger partial charge in [-0.2, -0.15) is 10.1 Å². The van der Waals surface area contributed by atoms with Crippen LogP contribution in [0.5, 0.6) is 5.75 Å². The molecule has 2 saturated carbocycles. The average Bonchev–Trinajstić information content (AvgIpc) is 3.66. The van der Waals surface area contributed by atoms with Crippen molar-refractivity contribution in [3.63, 3.8) is 0 Å². The van der Waals surface area contributed by atoms with Crippen LogP contribution in [0.25, 0.3) is 10.8 Å². The van der Waals surface area contributed by atoms with Crippen molar-refractivity contribution in [2.75, 3.05) is 0 Å². The summed E-state index contributed by atoms with van der Waals surface area (Å²) in [6, 6.07) is 22.0. The normalized spacial score (nSPS) is 30.8. The minimum Gasteiger partial charge on any atom is -0.489 e. The van der Waals surface area contributed by atoms with E-state index in [2.05, 4.69) is 41.5 Å². The minimum atomic E-state index is -0.223. The molecule has 1 saturated heterocycles. The predicted molar refractivity (Wildman–Crippen MR) is 129 cm³/mol. The van der Waals surface area contributed by atoms with Crippen LogP contribution in [0.3, 0.4) is 0 Å². The lowest BCUT2D eigenvalue weighted by atomic mass is 9.63. The number of nitrogens with zero attached hydrogens (tertiary/aromatic N) is 2. The molecule has 1 aliphatic heterocycles. The summed E-state index contributed by atoms with van der Waals surface area (Å²) in [4.78, 5) is 26.2. The number of fused-ring (bicyclic) bond motifs is 1. The molecule has 6 atom stereocenters. The molecule has 3 fully saturated rings. The van der Waals surface area contributed by atoms with Gasteiger partial charge in [-0.15, -0.1) is 0 Å². The van der Waals surface area contributed by atoms with Gasteiger partial charge in [0.1, 0.15) is 12.4 Å². The summed E-state index contributed by atoms with van der Waals surface area (Å²) in [5.41, 5.74) is 1.91. The fraction of sp³-hybridized carbons (Fsp3) is 0.276. The zero-order valence-corrected chi connectivity index (χ0v) is 18.6. The minimum absolute atomic E-state index is 0.140. The van der Waals surface area contributed by atoms with Gasteiger partial charge in [-0.25, -0.2) is 0 Å². The zero-order chi connectivity index (χ0) is 22.8. The second-order valence-corrected chi connectivity index (χ2v) is 9.89. The van der Waals surface area contributed by atoms with Crippen LogP contribution in [0.1, 0.15) is 17.5 Å². The Balaban J connectivity index is 1.08. The van der Waals surface area contributed by atoms with Gasteiger partial charge in [-0.1, -0.05) is 66.7 Å². The number of hydrogen-bond acceptors (Lipinski definition) is 4. The molecule has 5 aliphatic rings. The van der Waals surface area contributed by atoms with E-state index in [1.807, 2.05) is 42.5 Å². The molecule has 0 radical (unpaired) electrons. The van der Waals surface area contributed by atoms with Gasteiger partial charge in [0.2, 0.25) is 0 Å². The highest BCUT2D eigenvalue weighted by molar-refractivity contribution is 6.06. The number of benzene rings is 3. The van der Waals surface area contributed by atoms with Crippen LogP contribution in [0.4, 0.5) is 0 Å². The summed E-state index contributed by atoms with van der Waals surface area (Å²) in [5, 5.41) is 7.83. The summed E-state index contributed by atoms with van der Waals surface area (Å²) >= 11 is 0. The van der Waals surface area contributed by atoms with E-state index in [4.69, 9.17) is 4.74 Å². The van der Waals surface area contributed by atoms with Crippen molar-refractivity contribution in [3.8, 4) is 5.75 Å². The van der Waals surface area contributed by atoms with Crippen molar-refractivity contribution in [2.45, 2.75) is 13.0 Å². The number of allylic oxidation sites excluding steroid dienone is 2. The van der Waals surface area contributed by atoms with Crippen LogP contribution < -0.4 is 4.74 Å². The molecule has 5 heteroatoms. The number of imide groups is 1. The maximum absolute atomic E-state index is 13.1. The van der Waals surface area contributed by atoms with E-state index in [0.717, 1.165) is 22.6 Å². The first-order valence-corrected chi connectivity index (χ1v) is 12.0. The van der Waals surface area contributed by atoms with Crippen molar-refractivity contribution >= 4 is 28.8 Å². The Morgan fingerprint density at radius 3 is 2.38 bits per heavy atom. The van der Waals surface area contributed by atoms with Crippen molar-refractivity contribution in [1.82, 2.24) is 5.01 Å². The first-order valence-electron chi connectivity index (χ1n) is 12.0. The van der Waals surface area contributed by atoms with Crippen LogP contribution in [-0.4, -0.2) is 23.0 Å². The van der Waals surface area contributed by atoms with E-state index in [1.165, 1.54) is 10.8 Å². The molecule has 3 aromatic carbocycles. The van der Waals surface area contributed by atoms with Crippen LogP contribution in [0.15, 0.2) is 84.0 Å². The first kappa shape index (κ1) is 19.7. The molecular weight excluding hydrogens is 424 g/mol. The number of hydrazone groups is 1. The van der Waals surface area contributed by atoms with Crippen molar-refractivity contribution in [3.05, 3.63) is 90.0 Å². The molecule has 3 aromatic rings. The highest BCUT2D eigenvalue weighted by atomic mass is 16.5. The van der Waals surface area contributed by atoms with Crippen LogP contribution >= 0.6 is 0 Å². The second kappa shape index (κ2) is 7.39. The summed E-state index contributed by atoms with van der Waals surface area (Å²) in [6.07, 6.45) is 7.10. The summed E-state index contributed by atoms with van der Waals surface area (Å²) < 4.78 is 6.07. The highest BCUT2D eigenvalue weighted by Gasteiger charge is 2.67. The van der Waals surface area contributed by atoms with Crippen molar-refractivity contribution < 1.29 is 14.3 Å². The van der Waals surface area contributed by atoms with Gasteiger partial charge in [-0.3, -0.25) is 9.59 Å². The third-order valence-electron chi connectivity index (χ3n) is 8.09. The molecular formula is C29H24N2O3. The number of amides is 2. The lowest BCUT2D eigenvalue weighted by Crippen LogP contribution is -2.40. The maximum atomic E-state index is 13.1. The Morgan fingerprint density at radius 1 is 0.882 bits per heavy atom. The van der Waals surface area contributed by atoms with Crippen molar-refractivity contribution in [1.29, 1.82) is 0 Å². The molecule has 2 amide bonds. The molecule has 5 nitrogen and oxygen atoms in total. The zero-order valence-electron chi connectivity index (χ0n) is 18.6. The Morgan fingerprint density at radius 2 is 1.59 bits per heavy atom. The van der Waals surface area contributed by atoms with Crippen LogP contribution in [-0.2, 0) is 16.2 Å². The Labute approximate surface area is 197 Å². The Hall–Kier alpha value is -3.73. The molecule has 1 heterocycles. The predicted octanol–water partition coefficient (Wildman–Crippen LogP) is 4.81. The number of rotatable bonds is 5. The van der Waals surface area contributed by atoms with Gasteiger partial charge in [0, 0.05) is 0 Å². The molecule has 0 spiro atoms. The van der Waals surface area contributed by atoms with Crippen LogP contribution in [0.2, 0.25) is 0 Å². The Kier molecular flexibility index (Phi) is 4.28. The lowest BCUT2D eigenvalue weighted by molar-refractivity contribution is -0.140. The van der Waals surface area contributed by atoms with E-state index < -0.39 is 0 Å². The Bertz CT molecular complexity index is 1350. The highest BCUT2D eigenvalue weighted by Crippen LogP contribution is 2.65. The summed E-state index contributed by atoms with van der Waals surface area (Å²) in [7, 11) is 0. The largest absolute Gasteiger partial charge is 0.489 e. The SMILES string of the molecule is O=C1[C@@H]2[C@H]3C=C[C@@H]([C@@H]4C[C@@H]34)[C@H]2C(=O)N1/N=C\c1cccc(OCc2cccc3ccccc23)c1. The molecule has 168 valence electrons. The summed E-state index contributed by atoms with van der Waals surface area (Å²) in [6.45, 7) is 0.451. The van der Waals surface area contributed by atoms with E-state index >= 15 is 0 Å². The quantitative estimate of drug-likeness (QED) is 0.320. The topological polar surface area (TPSA) is 59.0 Å². The van der Waals surface area contributed by atoms with Gasteiger partial charge in [0.05, 0.1) is 18.1 Å². The molecule has 8 rings (SSSR count). The second-order valence-electron chi connectivity index (χ2n) is 9.89. The van der Waals surface area contributed by atoms with Gasteiger partial charge in [0.25, 0.3) is 11.8 Å². The molecule has 0 unspecified atom stereocenters. The molecule has 0 N–H and O–H groups in total. The first-order chi connectivity index (χ1) is 16.7. The fourth-order valence-electron chi connectivity index (χ4n) is 6.44. The molecule has 4 aliphatic carbocycles. The number of ether oxygens (including phenoxy) is 1. The summed E-state index contributed by atoms with van der Waals surface area (Å²) in [5.74, 6) is 1.59. The molecule has 34 heavy (non-hydrogen) atoms. The fourth-order valence-corrected chi connectivity index (χ4v) is 6.44. The van der Waals surface area contributed by atoms with Crippen LogP contribution in [0, 0.1) is 35.5 Å². The molecule has 2 bridgehead atoms. The van der Waals surface area contributed by atoms with Gasteiger partial charge >= 0.3 is 0 Å². The number of carbonyl (C=O) groups is 2. The third kappa shape index (κ3) is 2.96. The number of hydrogen-bond donors (Lipinski definition) is 0. The van der Waals surface area contributed by atoms with E-state index in [9.17, 15) is 9.59 Å². The van der Waals surface area contributed by atoms with E-state index in [1.54, 1.807) is 6.21 Å². The van der Waals surface area contributed by atoms with Crippen molar-refractivity contribution in [2.24, 2.45) is 40.6 Å². The molecule has 0 aromatic heterocycles. The lowest BCUT2D eigenvalue weighted by Gasteiger charge is -2.37. The third-order valence-corrected chi connectivity index (χ3v) is 8.09. The van der Waals surface area contributed by atoms with Gasteiger partial charge in [0.15, 0.2) is 0 Å². The maximum Gasteiger partial charge on any atom is 0.254 e. The van der Waals surface area contributed by atoms with E-state index in [0.29, 0.717) is 24.2 Å². The number of carbonyl (C=O) groups excluding carboxylic acids is 2. The monoisotopic (exact) mass is 448 g/mol. The standard InChI is InChI=1S/C29H24N2O3/c32-28-26-22-11-12-23(25-14-24(22)25)27(26)29(33)31(28)30-15-17-5-3-9-20(13-17)34-16-19-8-4-7-18-6-1-2-10-21(18)19/h1-13,15,22-27H,14,16H2/b30-15-/t22-,23-,24-,25-,26+,27+/m0/s1. The van der Waals surface area contributed by atoms with E-state index in [-0.39, 0.29) is 35.5 Å².